The van der Waals surface area contributed by atoms with Crippen molar-refractivity contribution in [2.24, 2.45) is 40.4 Å². The van der Waals surface area contributed by atoms with Crippen LogP contribution in [0.4, 0.5) is 0 Å². The lowest BCUT2D eigenvalue weighted by molar-refractivity contribution is -0.172. The maximum Gasteiger partial charge on any atom is 0.302 e. The maximum absolute atomic E-state index is 13.7. The summed E-state index contributed by atoms with van der Waals surface area (Å²) in [5.74, 6) is 1.84. The normalized spacial score (nSPS) is 46.2. The third-order valence-electron chi connectivity index (χ3n) is 9.62. The van der Waals surface area contributed by atoms with Crippen LogP contribution in [0.2, 0.25) is 0 Å². The average Bonchev–Trinajstić information content (AvgIpc) is 2.97. The van der Waals surface area contributed by atoms with Gasteiger partial charge in [0, 0.05) is 32.1 Å². The fourth-order valence-electron chi connectivity index (χ4n) is 8.53. The number of ketones is 1. The summed E-state index contributed by atoms with van der Waals surface area (Å²) in [6.45, 7) is 9.60. The molecule has 0 amide bonds. The molecule has 9 atom stereocenters. The van der Waals surface area contributed by atoms with E-state index in [0.717, 1.165) is 44.9 Å². The molecule has 4 fully saturated rings. The molecule has 0 radical (unpaired) electrons. The van der Waals surface area contributed by atoms with Gasteiger partial charge in [0.2, 0.25) is 0 Å². The van der Waals surface area contributed by atoms with Crippen LogP contribution in [-0.4, -0.2) is 29.9 Å². The molecule has 5 nitrogen and oxygen atoms in total. The summed E-state index contributed by atoms with van der Waals surface area (Å²) >= 11 is 0. The highest BCUT2D eigenvalue weighted by molar-refractivity contribution is 5.84. The van der Waals surface area contributed by atoms with Crippen LogP contribution in [0.3, 0.4) is 0 Å². The molecule has 5 heteroatoms. The topological polar surface area (TPSA) is 69.7 Å². The Morgan fingerprint density at radius 1 is 1.00 bits per heavy atom. The largest absolute Gasteiger partial charge is 0.463 e. The third-order valence-corrected chi connectivity index (χ3v) is 9.62. The first-order valence-corrected chi connectivity index (χ1v) is 11.9. The van der Waals surface area contributed by atoms with E-state index in [1.165, 1.54) is 13.8 Å². The van der Waals surface area contributed by atoms with Crippen molar-refractivity contribution < 1.29 is 23.9 Å². The summed E-state index contributed by atoms with van der Waals surface area (Å²) in [6, 6.07) is 0. The first kappa shape index (κ1) is 21.8. The minimum atomic E-state index is -0.230. The van der Waals surface area contributed by atoms with Gasteiger partial charge >= 0.3 is 11.9 Å². The van der Waals surface area contributed by atoms with E-state index in [1.54, 1.807) is 0 Å². The quantitative estimate of drug-likeness (QED) is 0.621. The minimum Gasteiger partial charge on any atom is -0.463 e. The lowest BCUT2D eigenvalue weighted by atomic mass is 9.44. The predicted molar refractivity (Wildman–Crippen MR) is 112 cm³/mol. The molecule has 0 N–H and O–H groups in total. The number of ether oxygens (including phenoxy) is 2. The van der Waals surface area contributed by atoms with E-state index in [-0.39, 0.29) is 46.8 Å². The summed E-state index contributed by atoms with van der Waals surface area (Å²) in [6.07, 6.45) is 7.65. The predicted octanol–water partition coefficient (Wildman–Crippen LogP) is 4.71. The molecule has 9 unspecified atom stereocenters. The fraction of sp³-hybridized carbons (Fsp3) is 0.880. The molecule has 168 valence electrons. The summed E-state index contributed by atoms with van der Waals surface area (Å²) in [4.78, 5) is 36.7. The number of hydrogen-bond acceptors (Lipinski definition) is 5. The lowest BCUT2D eigenvalue weighted by Crippen LogP contribution is -2.58. The fourth-order valence-corrected chi connectivity index (χ4v) is 8.53. The second kappa shape index (κ2) is 7.63. The van der Waals surface area contributed by atoms with Gasteiger partial charge in [0.25, 0.3) is 0 Å². The first-order valence-electron chi connectivity index (χ1n) is 11.9. The number of hydrogen-bond donors (Lipinski definition) is 0. The third kappa shape index (κ3) is 3.40. The van der Waals surface area contributed by atoms with E-state index in [1.807, 2.05) is 6.92 Å². The number of esters is 2. The van der Waals surface area contributed by atoms with Gasteiger partial charge < -0.3 is 9.47 Å². The molecule has 0 aromatic carbocycles. The van der Waals surface area contributed by atoms with Crippen molar-refractivity contribution >= 4 is 17.7 Å². The van der Waals surface area contributed by atoms with Crippen molar-refractivity contribution in [1.82, 2.24) is 0 Å². The Morgan fingerprint density at radius 3 is 2.40 bits per heavy atom. The van der Waals surface area contributed by atoms with Gasteiger partial charge in [-0.2, -0.15) is 0 Å². The summed E-state index contributed by atoms with van der Waals surface area (Å²) < 4.78 is 11.1. The van der Waals surface area contributed by atoms with Gasteiger partial charge in [0.05, 0.1) is 0 Å². The summed E-state index contributed by atoms with van der Waals surface area (Å²) in [5.41, 5.74) is -0.0389. The molecular weight excluding hydrogens is 380 g/mol. The van der Waals surface area contributed by atoms with Crippen LogP contribution < -0.4 is 0 Å². The SMILES string of the molecule is CC(=O)OC1CCC2(C)C(CCC3C4CCC(C(C)OC(C)=O)C4(C)CC(=O)C32)C1. The van der Waals surface area contributed by atoms with Crippen LogP contribution in [0.15, 0.2) is 0 Å². The molecule has 4 aliphatic carbocycles. The molecule has 0 saturated heterocycles. The second-order valence-corrected chi connectivity index (χ2v) is 11.2. The van der Waals surface area contributed by atoms with Gasteiger partial charge in [-0.1, -0.05) is 13.8 Å². The zero-order chi connectivity index (χ0) is 21.8. The van der Waals surface area contributed by atoms with Gasteiger partial charge in [-0.3, -0.25) is 14.4 Å². The van der Waals surface area contributed by atoms with Gasteiger partial charge in [-0.25, -0.2) is 0 Å². The number of rotatable bonds is 3. The van der Waals surface area contributed by atoms with Gasteiger partial charge in [0.15, 0.2) is 0 Å². The molecule has 0 aromatic heterocycles. The molecule has 30 heavy (non-hydrogen) atoms. The van der Waals surface area contributed by atoms with Crippen LogP contribution >= 0.6 is 0 Å². The Hall–Kier alpha value is -1.39. The lowest BCUT2D eigenvalue weighted by Gasteiger charge is -2.60. The van der Waals surface area contributed by atoms with E-state index in [9.17, 15) is 14.4 Å². The second-order valence-electron chi connectivity index (χ2n) is 11.2. The van der Waals surface area contributed by atoms with Crippen LogP contribution in [-0.2, 0) is 23.9 Å². The highest BCUT2D eigenvalue weighted by Crippen LogP contribution is 2.67. The Balaban J connectivity index is 1.56. The molecular formula is C25H38O5. The van der Waals surface area contributed by atoms with E-state index in [4.69, 9.17) is 9.47 Å². The zero-order valence-electron chi connectivity index (χ0n) is 19.2. The number of fused-ring (bicyclic) bond motifs is 5. The monoisotopic (exact) mass is 418 g/mol. The van der Waals surface area contributed by atoms with Gasteiger partial charge in [-0.15, -0.1) is 0 Å². The van der Waals surface area contributed by atoms with Crippen LogP contribution in [0.25, 0.3) is 0 Å². The first-order chi connectivity index (χ1) is 14.1. The standard InChI is InChI=1S/C25H38O5/c1-14(29-15(2)26)20-8-9-21-19-7-6-17-12-18(30-16(3)27)10-11-24(17,4)23(19)22(28)13-25(20,21)5/h14,17-21,23H,6-13H2,1-5H3. The average molecular weight is 419 g/mol. The molecule has 0 heterocycles. The van der Waals surface area contributed by atoms with E-state index in [2.05, 4.69) is 13.8 Å². The zero-order valence-corrected chi connectivity index (χ0v) is 19.2. The molecule has 4 saturated carbocycles. The Kier molecular flexibility index (Phi) is 5.55. The van der Waals surface area contributed by atoms with Crippen LogP contribution in [0.1, 0.15) is 86.0 Å². The number of carbonyl (C=O) groups excluding carboxylic acids is 3. The van der Waals surface area contributed by atoms with E-state index >= 15 is 0 Å². The molecule has 0 spiro atoms. The highest BCUT2D eigenvalue weighted by Gasteiger charge is 2.64. The van der Waals surface area contributed by atoms with E-state index in [0.29, 0.717) is 30.0 Å². The molecule has 4 rings (SSSR count). The highest BCUT2D eigenvalue weighted by atomic mass is 16.5. The van der Waals surface area contributed by atoms with Crippen molar-refractivity contribution in [3.05, 3.63) is 0 Å². The van der Waals surface area contributed by atoms with Crippen molar-refractivity contribution in [3.8, 4) is 0 Å². The van der Waals surface area contributed by atoms with Crippen molar-refractivity contribution in [2.75, 3.05) is 0 Å². The van der Waals surface area contributed by atoms with Gasteiger partial charge in [0.1, 0.15) is 18.0 Å². The minimum absolute atomic E-state index is 0.0153. The molecule has 0 aliphatic heterocycles. The summed E-state index contributed by atoms with van der Waals surface area (Å²) in [7, 11) is 0. The van der Waals surface area contributed by atoms with Crippen molar-refractivity contribution in [1.29, 1.82) is 0 Å². The molecule has 4 aliphatic rings. The molecule has 0 aromatic rings. The Labute approximate surface area is 180 Å². The number of carbonyl (C=O) groups is 3. The number of Topliss-reactive ketones (excluding diaryl/α,β-unsaturated/α-hetero) is 1. The maximum atomic E-state index is 13.7. The van der Waals surface area contributed by atoms with Crippen LogP contribution in [0.5, 0.6) is 0 Å². The summed E-state index contributed by atoms with van der Waals surface area (Å²) in [5, 5.41) is 0. The Bertz CT molecular complexity index is 731. The van der Waals surface area contributed by atoms with Crippen LogP contribution in [0, 0.1) is 40.4 Å². The van der Waals surface area contributed by atoms with Crippen molar-refractivity contribution in [3.63, 3.8) is 0 Å². The molecule has 0 bridgehead atoms. The van der Waals surface area contributed by atoms with Crippen molar-refractivity contribution in [2.45, 2.75) is 98.2 Å². The Morgan fingerprint density at radius 2 is 1.73 bits per heavy atom. The van der Waals surface area contributed by atoms with E-state index < -0.39 is 0 Å². The smallest absolute Gasteiger partial charge is 0.302 e. The van der Waals surface area contributed by atoms with Gasteiger partial charge in [-0.05, 0) is 80.5 Å².